The monoisotopic (exact) mass is 758 g/mol. The quantitative estimate of drug-likeness (QED) is 0.168. The number of fused-ring (bicyclic) bond motifs is 9. The Labute approximate surface area is 338 Å². The smallest absolute Gasteiger partial charge is 0.143 e. The van der Waals surface area contributed by atoms with Crippen LogP contribution >= 0.6 is 11.3 Å². The molecular formula is C54H34N2OS. The molecule has 0 aliphatic rings. The molecule has 0 spiro atoms. The van der Waals surface area contributed by atoms with Gasteiger partial charge in [0.15, 0.2) is 0 Å². The second-order valence-electron chi connectivity index (χ2n) is 14.9. The van der Waals surface area contributed by atoms with Crippen LogP contribution in [0, 0.1) is 0 Å². The first-order chi connectivity index (χ1) is 28.8. The molecule has 3 nitrogen and oxygen atoms in total. The molecule has 0 amide bonds. The molecule has 0 unspecified atom stereocenters. The van der Waals surface area contributed by atoms with Crippen molar-refractivity contribution in [1.82, 2.24) is 4.57 Å². The lowest BCUT2D eigenvalue weighted by molar-refractivity contribution is 0.670. The van der Waals surface area contributed by atoms with Gasteiger partial charge < -0.3 is 13.9 Å². The van der Waals surface area contributed by atoms with E-state index in [1.54, 1.807) is 0 Å². The maximum atomic E-state index is 6.87. The molecule has 12 aromatic rings. The van der Waals surface area contributed by atoms with Gasteiger partial charge in [-0.15, -0.1) is 11.3 Å². The van der Waals surface area contributed by atoms with Crippen LogP contribution in [0.3, 0.4) is 0 Å². The molecule has 0 N–H and O–H groups in total. The van der Waals surface area contributed by atoms with Gasteiger partial charge in [0.05, 0.1) is 22.4 Å². The van der Waals surface area contributed by atoms with Crippen molar-refractivity contribution in [1.29, 1.82) is 0 Å². The van der Waals surface area contributed by atoms with E-state index in [0.29, 0.717) is 0 Å². The Morgan fingerprint density at radius 3 is 1.83 bits per heavy atom. The zero-order chi connectivity index (χ0) is 38.2. The van der Waals surface area contributed by atoms with Crippen molar-refractivity contribution in [3.05, 3.63) is 206 Å². The van der Waals surface area contributed by atoms with Gasteiger partial charge in [-0.25, -0.2) is 0 Å². The first-order valence-electron chi connectivity index (χ1n) is 19.7. The maximum absolute atomic E-state index is 6.87. The second-order valence-corrected chi connectivity index (χ2v) is 15.9. The van der Waals surface area contributed by atoms with Crippen LogP contribution in [0.15, 0.2) is 211 Å². The Morgan fingerprint density at radius 2 is 1.02 bits per heavy atom. The van der Waals surface area contributed by atoms with Crippen LogP contribution in [0.4, 0.5) is 17.1 Å². The number of nitrogens with zero attached hydrogens (tertiary/aromatic N) is 2. The van der Waals surface area contributed by atoms with Crippen molar-refractivity contribution in [2.75, 3.05) is 4.90 Å². The zero-order valence-corrected chi connectivity index (χ0v) is 32.2. The molecule has 272 valence electrons. The van der Waals surface area contributed by atoms with Crippen LogP contribution in [-0.4, -0.2) is 4.57 Å². The molecule has 58 heavy (non-hydrogen) atoms. The molecule has 0 fully saturated rings. The van der Waals surface area contributed by atoms with Crippen molar-refractivity contribution in [2.45, 2.75) is 0 Å². The van der Waals surface area contributed by atoms with E-state index in [1.165, 1.54) is 47.5 Å². The van der Waals surface area contributed by atoms with Crippen LogP contribution in [0.2, 0.25) is 0 Å². The Balaban J connectivity index is 1.14. The van der Waals surface area contributed by atoms with Gasteiger partial charge in [-0.2, -0.15) is 0 Å². The Kier molecular flexibility index (Phi) is 7.40. The summed E-state index contributed by atoms with van der Waals surface area (Å²) in [6, 6.07) is 74.4. The van der Waals surface area contributed by atoms with Gasteiger partial charge in [0, 0.05) is 69.8 Å². The van der Waals surface area contributed by atoms with Gasteiger partial charge in [-0.1, -0.05) is 133 Å². The molecule has 3 heterocycles. The summed E-state index contributed by atoms with van der Waals surface area (Å²) in [5, 5.41) is 7.21. The summed E-state index contributed by atoms with van der Waals surface area (Å²) in [4.78, 5) is 2.42. The Hall–Kier alpha value is -7.40. The maximum Gasteiger partial charge on any atom is 0.143 e. The summed E-state index contributed by atoms with van der Waals surface area (Å²) < 4.78 is 11.9. The average Bonchev–Trinajstić information content (AvgIpc) is 3.96. The highest BCUT2D eigenvalue weighted by Gasteiger charge is 2.24. The van der Waals surface area contributed by atoms with Crippen LogP contribution in [-0.2, 0) is 0 Å². The van der Waals surface area contributed by atoms with Crippen LogP contribution in [0.25, 0.3) is 91.9 Å². The largest absolute Gasteiger partial charge is 0.455 e. The van der Waals surface area contributed by atoms with Crippen LogP contribution in [0.5, 0.6) is 0 Å². The van der Waals surface area contributed by atoms with Crippen molar-refractivity contribution in [3.63, 3.8) is 0 Å². The van der Waals surface area contributed by atoms with Crippen molar-refractivity contribution < 1.29 is 4.42 Å². The molecule has 12 rings (SSSR count). The Morgan fingerprint density at radius 1 is 0.397 bits per heavy atom. The molecule has 9 aromatic carbocycles. The first kappa shape index (κ1) is 32.8. The lowest BCUT2D eigenvalue weighted by Gasteiger charge is -2.28. The summed E-state index contributed by atoms with van der Waals surface area (Å²) in [6.45, 7) is 0. The van der Waals surface area contributed by atoms with E-state index in [9.17, 15) is 0 Å². The predicted molar refractivity (Wildman–Crippen MR) is 247 cm³/mol. The molecule has 3 aromatic heterocycles. The number of hydrogen-bond donors (Lipinski definition) is 0. The number of benzene rings is 9. The minimum absolute atomic E-state index is 0.869. The minimum Gasteiger partial charge on any atom is -0.455 e. The highest BCUT2D eigenvalue weighted by molar-refractivity contribution is 7.25. The fraction of sp³-hybridized carbons (Fsp3) is 0. The van der Waals surface area contributed by atoms with Crippen LogP contribution in [0.1, 0.15) is 0 Å². The van der Waals surface area contributed by atoms with Gasteiger partial charge in [0.1, 0.15) is 11.2 Å². The van der Waals surface area contributed by atoms with Gasteiger partial charge in [0.2, 0.25) is 0 Å². The molecule has 0 radical (unpaired) electrons. The van der Waals surface area contributed by atoms with Crippen molar-refractivity contribution in [3.8, 4) is 27.9 Å². The highest BCUT2D eigenvalue weighted by atomic mass is 32.1. The topological polar surface area (TPSA) is 21.3 Å². The van der Waals surface area contributed by atoms with E-state index in [0.717, 1.165) is 61.4 Å². The molecule has 0 bridgehead atoms. The Bertz CT molecular complexity index is 3480. The number of hydrogen-bond acceptors (Lipinski definition) is 3. The van der Waals surface area contributed by atoms with E-state index in [-0.39, 0.29) is 0 Å². The molecule has 0 saturated carbocycles. The standard InChI is InChI=1S/C54H34N2OS/c1-2-16-36(17-3-1)55(47-24-10-4-18-38(47)35-30-31-53-44(32-35)43-23-9-15-29-52(43)58-53)37-33-45(54-46(34-37)42-22-8-14-28-51(42)57-54)41-21-7-13-27-50(41)56-48-25-11-5-19-39(48)40-20-6-12-26-49(40)56/h1-34H. The number of aromatic nitrogens is 1. The summed E-state index contributed by atoms with van der Waals surface area (Å²) in [6.07, 6.45) is 0. The van der Waals surface area contributed by atoms with E-state index >= 15 is 0 Å². The van der Waals surface area contributed by atoms with Gasteiger partial charge in [0.25, 0.3) is 0 Å². The third-order valence-electron chi connectivity index (χ3n) is 11.6. The number of thiophene rings is 1. The minimum atomic E-state index is 0.869. The third kappa shape index (κ3) is 5.05. The van der Waals surface area contributed by atoms with Crippen molar-refractivity contribution in [2.24, 2.45) is 0 Å². The summed E-state index contributed by atoms with van der Waals surface area (Å²) in [5.74, 6) is 0. The number of anilines is 3. The zero-order valence-electron chi connectivity index (χ0n) is 31.3. The number of rotatable bonds is 6. The fourth-order valence-electron chi connectivity index (χ4n) is 9.03. The van der Waals surface area contributed by atoms with Gasteiger partial charge >= 0.3 is 0 Å². The SMILES string of the molecule is c1ccc(N(c2cc(-c3ccccc3-n3c4ccccc4c4ccccc43)c3oc4ccccc4c3c2)c2ccccc2-c2ccc3sc4ccccc4c3c2)cc1. The first-order valence-corrected chi connectivity index (χ1v) is 20.5. The molecule has 0 saturated heterocycles. The van der Waals surface area contributed by atoms with E-state index in [2.05, 4.69) is 216 Å². The molecular weight excluding hydrogens is 725 g/mol. The molecule has 0 aliphatic heterocycles. The highest BCUT2D eigenvalue weighted by Crippen LogP contribution is 2.48. The number of furan rings is 1. The van der Waals surface area contributed by atoms with Crippen LogP contribution < -0.4 is 4.90 Å². The molecule has 0 atom stereocenters. The molecule has 0 aliphatic carbocycles. The second kappa shape index (κ2) is 13.1. The summed E-state index contributed by atoms with van der Waals surface area (Å²) in [7, 11) is 0. The number of para-hydroxylation sites is 6. The average molecular weight is 759 g/mol. The molecule has 4 heteroatoms. The summed E-state index contributed by atoms with van der Waals surface area (Å²) >= 11 is 1.85. The predicted octanol–water partition coefficient (Wildman–Crippen LogP) is 15.9. The van der Waals surface area contributed by atoms with Gasteiger partial charge in [-0.05, 0) is 78.4 Å². The van der Waals surface area contributed by atoms with E-state index in [4.69, 9.17) is 4.42 Å². The fourth-order valence-corrected chi connectivity index (χ4v) is 10.1. The van der Waals surface area contributed by atoms with Gasteiger partial charge in [-0.3, -0.25) is 0 Å². The van der Waals surface area contributed by atoms with E-state index < -0.39 is 0 Å². The normalized spacial score (nSPS) is 11.8. The van der Waals surface area contributed by atoms with Crippen molar-refractivity contribution >= 4 is 92.3 Å². The summed E-state index contributed by atoms with van der Waals surface area (Å²) in [5.41, 5.74) is 12.9. The lowest BCUT2D eigenvalue weighted by Crippen LogP contribution is -2.11. The van der Waals surface area contributed by atoms with E-state index in [1.807, 2.05) is 11.3 Å². The third-order valence-corrected chi connectivity index (χ3v) is 12.7. The lowest BCUT2D eigenvalue weighted by atomic mass is 9.97.